The molecular formula is C19H25FN3O2S. The third-order valence-corrected chi connectivity index (χ3v) is 5.55. The van der Waals surface area contributed by atoms with Crippen LogP contribution < -0.4 is 9.64 Å². The van der Waals surface area contributed by atoms with Crippen LogP contribution in [0.25, 0.3) is 0 Å². The van der Waals surface area contributed by atoms with E-state index < -0.39 is 0 Å². The zero-order valence-electron chi connectivity index (χ0n) is 15.7. The quantitative estimate of drug-likeness (QED) is 0.688. The van der Waals surface area contributed by atoms with E-state index in [4.69, 9.17) is 9.26 Å². The van der Waals surface area contributed by atoms with Crippen molar-refractivity contribution in [3.05, 3.63) is 29.8 Å². The maximum Gasteiger partial charge on any atom is 0.324 e. The van der Waals surface area contributed by atoms with Gasteiger partial charge in [0, 0.05) is 23.9 Å². The zero-order chi connectivity index (χ0) is 18.7. The molecule has 0 amide bonds. The maximum absolute atomic E-state index is 14.3. The number of hydrogen-bond acceptors (Lipinski definition) is 6. The number of ether oxygens (including phenoxy) is 1. The Balaban J connectivity index is 1.57. The zero-order valence-corrected chi connectivity index (χ0v) is 16.5. The molecule has 1 aromatic heterocycles. The van der Waals surface area contributed by atoms with Gasteiger partial charge in [-0.25, -0.2) is 4.39 Å². The van der Waals surface area contributed by atoms with Crippen LogP contribution in [0.3, 0.4) is 0 Å². The van der Waals surface area contributed by atoms with Crippen molar-refractivity contribution in [3.63, 3.8) is 0 Å². The molecule has 3 rings (SSSR count). The Morgan fingerprint density at radius 2 is 2.04 bits per heavy atom. The minimum absolute atomic E-state index is 0.0638. The highest BCUT2D eigenvalue weighted by atomic mass is 32.2. The Morgan fingerprint density at radius 3 is 2.65 bits per heavy atom. The predicted octanol–water partition coefficient (Wildman–Crippen LogP) is 4.54. The van der Waals surface area contributed by atoms with Gasteiger partial charge in [-0.1, -0.05) is 19.0 Å². The van der Waals surface area contributed by atoms with Crippen LogP contribution in [0.1, 0.15) is 45.4 Å². The number of piperidine rings is 1. The Bertz CT molecular complexity index is 729. The summed E-state index contributed by atoms with van der Waals surface area (Å²) in [5, 5.41) is 4.03. The molecule has 5 nitrogen and oxygen atoms in total. The molecule has 0 N–H and O–H groups in total. The molecule has 7 heteroatoms. The fourth-order valence-corrected chi connectivity index (χ4v) is 3.59. The first kappa shape index (κ1) is 19.0. The van der Waals surface area contributed by atoms with Crippen LogP contribution in [0.15, 0.2) is 21.6 Å². The second-order valence-corrected chi connectivity index (χ2v) is 7.79. The van der Waals surface area contributed by atoms with E-state index in [9.17, 15) is 4.39 Å². The Hall–Kier alpha value is -1.76. The summed E-state index contributed by atoms with van der Waals surface area (Å²) in [6, 6.07) is 6.76. The molecule has 1 fully saturated rings. The Labute approximate surface area is 158 Å². The van der Waals surface area contributed by atoms with Crippen molar-refractivity contribution in [2.75, 3.05) is 24.2 Å². The average molecular weight is 378 g/mol. The number of anilines is 1. The van der Waals surface area contributed by atoms with Crippen LogP contribution in [-0.2, 0) is 0 Å². The van der Waals surface area contributed by atoms with Gasteiger partial charge in [0.15, 0.2) is 17.4 Å². The highest BCUT2D eigenvalue weighted by Gasteiger charge is 2.28. The van der Waals surface area contributed by atoms with Crippen molar-refractivity contribution in [2.24, 2.45) is 5.92 Å². The number of halogens is 1. The third kappa shape index (κ3) is 4.14. The molecule has 1 radical (unpaired) electrons. The van der Waals surface area contributed by atoms with E-state index in [2.05, 4.69) is 21.1 Å². The van der Waals surface area contributed by atoms with Gasteiger partial charge in [-0.05, 0) is 50.1 Å². The van der Waals surface area contributed by atoms with Gasteiger partial charge in [-0.3, -0.25) is 0 Å². The Morgan fingerprint density at radius 1 is 1.31 bits per heavy atom. The predicted molar refractivity (Wildman–Crippen MR) is 100 cm³/mol. The molecule has 0 unspecified atom stereocenters. The summed E-state index contributed by atoms with van der Waals surface area (Å²) in [5.41, 5.74) is 0. The number of aromatic nitrogens is 2. The van der Waals surface area contributed by atoms with Gasteiger partial charge in [0.1, 0.15) is 0 Å². The van der Waals surface area contributed by atoms with Crippen LogP contribution in [0, 0.1) is 17.8 Å². The van der Waals surface area contributed by atoms with Crippen LogP contribution in [0.4, 0.5) is 10.4 Å². The number of hydrogen-bond donors (Lipinski definition) is 0. The molecule has 2 aromatic rings. The van der Waals surface area contributed by atoms with Crippen molar-refractivity contribution >= 4 is 17.8 Å². The van der Waals surface area contributed by atoms with Crippen molar-refractivity contribution in [3.8, 4) is 5.75 Å². The highest BCUT2D eigenvalue weighted by Crippen LogP contribution is 2.31. The fraction of sp³-hybridized carbons (Fsp3) is 0.579. The van der Waals surface area contributed by atoms with E-state index in [1.54, 1.807) is 12.1 Å². The molecule has 1 atom stereocenters. The molecule has 141 valence electrons. The Kier molecular flexibility index (Phi) is 6.06. The lowest BCUT2D eigenvalue weighted by atomic mass is 9.92. The minimum Gasteiger partial charge on any atom is -0.487 e. The van der Waals surface area contributed by atoms with Crippen molar-refractivity contribution in [1.82, 2.24) is 10.1 Å². The van der Waals surface area contributed by atoms with Crippen molar-refractivity contribution in [2.45, 2.75) is 50.5 Å². The fourth-order valence-electron chi connectivity index (χ4n) is 3.12. The number of benzene rings is 1. The highest BCUT2D eigenvalue weighted by molar-refractivity contribution is 7.98. The SMILES string of the molecule is CSc1c[c]cc(O[C@H](C)C2CCN(c3nc(C(C)C)no3)CC2)c1F. The third-order valence-electron chi connectivity index (χ3n) is 4.82. The van der Waals surface area contributed by atoms with Crippen molar-refractivity contribution < 1.29 is 13.7 Å². The van der Waals surface area contributed by atoms with E-state index in [1.165, 1.54) is 11.8 Å². The monoisotopic (exact) mass is 378 g/mol. The van der Waals surface area contributed by atoms with E-state index in [-0.39, 0.29) is 23.6 Å². The minimum atomic E-state index is -0.299. The van der Waals surface area contributed by atoms with Gasteiger partial charge in [-0.2, -0.15) is 4.98 Å². The summed E-state index contributed by atoms with van der Waals surface area (Å²) in [7, 11) is 0. The average Bonchev–Trinajstić information content (AvgIpc) is 3.14. The topological polar surface area (TPSA) is 51.4 Å². The molecule has 1 aliphatic heterocycles. The van der Waals surface area contributed by atoms with Gasteiger partial charge in [-0.15, -0.1) is 11.8 Å². The molecule has 1 aliphatic rings. The molecule has 2 heterocycles. The number of nitrogens with zero attached hydrogens (tertiary/aromatic N) is 3. The summed E-state index contributed by atoms with van der Waals surface area (Å²) < 4.78 is 25.6. The van der Waals surface area contributed by atoms with Crippen LogP contribution >= 0.6 is 11.8 Å². The molecule has 0 saturated carbocycles. The summed E-state index contributed by atoms with van der Waals surface area (Å²) in [6.07, 6.45) is 3.66. The summed E-state index contributed by atoms with van der Waals surface area (Å²) >= 11 is 1.36. The van der Waals surface area contributed by atoms with Crippen LogP contribution in [0.2, 0.25) is 0 Å². The number of rotatable bonds is 6. The van der Waals surface area contributed by atoms with Crippen LogP contribution in [0.5, 0.6) is 5.75 Å². The first-order chi connectivity index (χ1) is 12.5. The number of thioether (sulfide) groups is 1. The summed E-state index contributed by atoms with van der Waals surface area (Å²) in [5.74, 6) is 1.33. The lowest BCUT2D eigenvalue weighted by Gasteiger charge is -2.33. The lowest BCUT2D eigenvalue weighted by molar-refractivity contribution is 0.126. The van der Waals surface area contributed by atoms with E-state index >= 15 is 0 Å². The largest absolute Gasteiger partial charge is 0.487 e. The molecule has 0 aliphatic carbocycles. The summed E-state index contributed by atoms with van der Waals surface area (Å²) in [6.45, 7) is 7.76. The van der Waals surface area contributed by atoms with E-state index in [0.717, 1.165) is 31.8 Å². The second kappa shape index (κ2) is 8.29. The van der Waals surface area contributed by atoms with E-state index in [0.29, 0.717) is 16.8 Å². The first-order valence-corrected chi connectivity index (χ1v) is 10.2. The standard InChI is InChI=1S/C19H25FN3O2S/c1-12(2)18-21-19(25-22-18)23-10-8-14(9-11-23)13(3)24-15-6-5-7-16(26-4)17(15)20/h6-7,12-14H,8-11H2,1-4H3/t13-/m1/s1. The molecule has 1 aromatic carbocycles. The smallest absolute Gasteiger partial charge is 0.324 e. The van der Waals surface area contributed by atoms with Gasteiger partial charge in [0.2, 0.25) is 0 Å². The van der Waals surface area contributed by atoms with Gasteiger partial charge in [0.25, 0.3) is 0 Å². The van der Waals surface area contributed by atoms with Gasteiger partial charge < -0.3 is 14.2 Å². The van der Waals surface area contributed by atoms with Crippen LogP contribution in [-0.4, -0.2) is 35.6 Å². The summed E-state index contributed by atoms with van der Waals surface area (Å²) in [4.78, 5) is 7.14. The molecule has 0 spiro atoms. The van der Waals surface area contributed by atoms with Gasteiger partial charge in [0.05, 0.1) is 6.10 Å². The lowest BCUT2D eigenvalue weighted by Crippen LogP contribution is -2.39. The second-order valence-electron chi connectivity index (χ2n) is 6.94. The first-order valence-electron chi connectivity index (χ1n) is 8.98. The maximum atomic E-state index is 14.3. The molecule has 0 bridgehead atoms. The molecular weight excluding hydrogens is 353 g/mol. The van der Waals surface area contributed by atoms with Gasteiger partial charge >= 0.3 is 6.01 Å². The molecule has 1 saturated heterocycles. The normalized spacial score (nSPS) is 16.9. The van der Waals surface area contributed by atoms with Crippen molar-refractivity contribution in [1.29, 1.82) is 0 Å². The van der Waals surface area contributed by atoms with E-state index in [1.807, 2.05) is 27.0 Å². The molecule has 26 heavy (non-hydrogen) atoms.